The molecule has 0 saturated carbocycles. The summed E-state index contributed by atoms with van der Waals surface area (Å²) in [6.45, 7) is 8.46. The third-order valence-electron chi connectivity index (χ3n) is 5.02. The van der Waals surface area contributed by atoms with E-state index < -0.39 is 0 Å². The highest BCUT2D eigenvalue weighted by atomic mass is 16.5. The summed E-state index contributed by atoms with van der Waals surface area (Å²) in [5.74, 6) is 1.49. The number of hydrogen-bond acceptors (Lipinski definition) is 5. The van der Waals surface area contributed by atoms with Gasteiger partial charge in [-0.2, -0.15) is 5.10 Å². The number of nitrogens with zero attached hydrogens (tertiary/aromatic N) is 4. The molecule has 2 N–H and O–H groups in total. The van der Waals surface area contributed by atoms with E-state index in [-0.39, 0.29) is 0 Å². The summed E-state index contributed by atoms with van der Waals surface area (Å²) in [5.41, 5.74) is 2.36. The fraction of sp³-hybridized carbons (Fsp3) is 0.591. The molecule has 0 radical (unpaired) electrons. The molecule has 164 valence electrons. The molecule has 1 aliphatic heterocycles. The van der Waals surface area contributed by atoms with Crippen molar-refractivity contribution in [2.24, 2.45) is 10.9 Å². The van der Waals surface area contributed by atoms with Gasteiger partial charge in [-0.15, -0.1) is 0 Å². The lowest BCUT2D eigenvalue weighted by Crippen LogP contribution is -2.38. The molecule has 0 spiro atoms. The second-order valence-electron chi connectivity index (χ2n) is 7.52. The SMILES string of the molecule is CCNC(=NCc1cccc(Cn2cncn2)c1)NCCCOCC1CCOCC1. The molecular weight excluding hydrogens is 380 g/mol. The van der Waals surface area contributed by atoms with E-state index >= 15 is 0 Å². The Kier molecular flexibility index (Phi) is 9.62. The van der Waals surface area contributed by atoms with Gasteiger partial charge >= 0.3 is 0 Å². The van der Waals surface area contributed by atoms with E-state index in [9.17, 15) is 0 Å². The zero-order chi connectivity index (χ0) is 20.9. The number of benzene rings is 1. The van der Waals surface area contributed by atoms with Crippen LogP contribution in [0.2, 0.25) is 0 Å². The summed E-state index contributed by atoms with van der Waals surface area (Å²) < 4.78 is 13.0. The lowest BCUT2D eigenvalue weighted by Gasteiger charge is -2.21. The van der Waals surface area contributed by atoms with Crippen LogP contribution in [0.15, 0.2) is 41.9 Å². The van der Waals surface area contributed by atoms with Crippen molar-refractivity contribution in [2.75, 3.05) is 39.5 Å². The highest BCUT2D eigenvalue weighted by Gasteiger charge is 2.13. The normalized spacial score (nSPS) is 15.3. The van der Waals surface area contributed by atoms with Gasteiger partial charge in [-0.25, -0.2) is 14.7 Å². The number of hydrogen-bond donors (Lipinski definition) is 2. The molecule has 1 saturated heterocycles. The molecule has 3 rings (SSSR count). The molecule has 0 aliphatic carbocycles. The Morgan fingerprint density at radius 1 is 1.27 bits per heavy atom. The van der Waals surface area contributed by atoms with Crippen molar-refractivity contribution in [1.82, 2.24) is 25.4 Å². The maximum absolute atomic E-state index is 5.83. The monoisotopic (exact) mass is 414 g/mol. The Balaban J connectivity index is 1.38. The first-order chi connectivity index (χ1) is 14.8. The van der Waals surface area contributed by atoms with Gasteiger partial charge in [-0.1, -0.05) is 24.3 Å². The molecule has 1 fully saturated rings. The summed E-state index contributed by atoms with van der Waals surface area (Å²) in [7, 11) is 0. The lowest BCUT2D eigenvalue weighted by molar-refractivity contribution is 0.0203. The van der Waals surface area contributed by atoms with E-state index in [1.165, 1.54) is 11.1 Å². The molecule has 1 aromatic carbocycles. The predicted molar refractivity (Wildman–Crippen MR) is 117 cm³/mol. The Morgan fingerprint density at radius 2 is 2.13 bits per heavy atom. The number of aromatic nitrogens is 3. The first-order valence-electron chi connectivity index (χ1n) is 10.9. The molecule has 1 aliphatic rings. The van der Waals surface area contributed by atoms with Crippen molar-refractivity contribution in [3.63, 3.8) is 0 Å². The predicted octanol–water partition coefficient (Wildman–Crippen LogP) is 2.21. The van der Waals surface area contributed by atoms with Crippen LogP contribution >= 0.6 is 0 Å². The molecule has 0 unspecified atom stereocenters. The van der Waals surface area contributed by atoms with E-state index in [4.69, 9.17) is 14.5 Å². The number of aliphatic imine (C=N–C) groups is 1. The van der Waals surface area contributed by atoms with Crippen molar-refractivity contribution in [1.29, 1.82) is 0 Å². The third kappa shape index (κ3) is 8.12. The Hall–Kier alpha value is -2.45. The van der Waals surface area contributed by atoms with Crippen LogP contribution in [0.5, 0.6) is 0 Å². The van der Waals surface area contributed by atoms with Crippen LogP contribution in [0.4, 0.5) is 0 Å². The largest absolute Gasteiger partial charge is 0.381 e. The maximum Gasteiger partial charge on any atom is 0.191 e. The van der Waals surface area contributed by atoms with Gasteiger partial charge in [0.25, 0.3) is 0 Å². The molecule has 0 bridgehead atoms. The zero-order valence-electron chi connectivity index (χ0n) is 17.9. The van der Waals surface area contributed by atoms with Crippen molar-refractivity contribution in [3.05, 3.63) is 48.0 Å². The van der Waals surface area contributed by atoms with Gasteiger partial charge in [-0.3, -0.25) is 0 Å². The number of guanidine groups is 1. The summed E-state index contributed by atoms with van der Waals surface area (Å²) in [6.07, 6.45) is 6.48. The van der Waals surface area contributed by atoms with Crippen molar-refractivity contribution < 1.29 is 9.47 Å². The van der Waals surface area contributed by atoms with E-state index in [1.54, 1.807) is 12.7 Å². The van der Waals surface area contributed by atoms with Gasteiger partial charge < -0.3 is 20.1 Å². The first kappa shape index (κ1) is 22.2. The Bertz CT molecular complexity index is 744. The Morgan fingerprint density at radius 3 is 2.93 bits per heavy atom. The zero-order valence-corrected chi connectivity index (χ0v) is 17.9. The molecule has 0 atom stereocenters. The number of rotatable bonds is 11. The topological polar surface area (TPSA) is 85.6 Å². The molecular formula is C22H34N6O2. The van der Waals surface area contributed by atoms with Gasteiger partial charge in [0.2, 0.25) is 0 Å². The third-order valence-corrected chi connectivity index (χ3v) is 5.02. The first-order valence-corrected chi connectivity index (χ1v) is 10.9. The average Bonchev–Trinajstić information content (AvgIpc) is 3.28. The molecule has 0 amide bonds. The molecule has 8 heteroatoms. The van der Waals surface area contributed by atoms with Crippen LogP contribution in [0.3, 0.4) is 0 Å². The number of ether oxygens (including phenoxy) is 2. The van der Waals surface area contributed by atoms with Crippen LogP contribution in [0.25, 0.3) is 0 Å². The second kappa shape index (κ2) is 13.0. The van der Waals surface area contributed by atoms with E-state index in [2.05, 4.69) is 51.9 Å². The van der Waals surface area contributed by atoms with Crippen molar-refractivity contribution >= 4 is 5.96 Å². The minimum absolute atomic E-state index is 0.626. The maximum atomic E-state index is 5.83. The highest BCUT2D eigenvalue weighted by molar-refractivity contribution is 5.79. The van der Waals surface area contributed by atoms with Crippen LogP contribution in [-0.2, 0) is 22.6 Å². The van der Waals surface area contributed by atoms with Crippen LogP contribution in [-0.4, -0.2) is 60.2 Å². The lowest BCUT2D eigenvalue weighted by atomic mass is 10.0. The molecule has 30 heavy (non-hydrogen) atoms. The van der Waals surface area contributed by atoms with Gasteiger partial charge in [-0.05, 0) is 43.2 Å². The second-order valence-corrected chi connectivity index (χ2v) is 7.52. The molecule has 2 heterocycles. The van der Waals surface area contributed by atoms with Crippen molar-refractivity contribution in [3.8, 4) is 0 Å². The average molecular weight is 415 g/mol. The van der Waals surface area contributed by atoms with Crippen LogP contribution < -0.4 is 10.6 Å². The minimum atomic E-state index is 0.626. The summed E-state index contributed by atoms with van der Waals surface area (Å²) in [4.78, 5) is 8.71. The molecule has 1 aromatic heterocycles. The summed E-state index contributed by atoms with van der Waals surface area (Å²) in [6, 6.07) is 8.42. The van der Waals surface area contributed by atoms with Gasteiger partial charge in [0.1, 0.15) is 12.7 Å². The molecule has 2 aromatic rings. The van der Waals surface area contributed by atoms with Gasteiger partial charge in [0, 0.05) is 39.5 Å². The molecule has 8 nitrogen and oxygen atoms in total. The number of nitrogens with one attached hydrogen (secondary N) is 2. The summed E-state index contributed by atoms with van der Waals surface area (Å²) >= 11 is 0. The minimum Gasteiger partial charge on any atom is -0.381 e. The Labute approximate surface area is 179 Å². The fourth-order valence-electron chi connectivity index (χ4n) is 3.38. The standard InChI is InChI=1S/C22H34N6O2/c1-2-24-22(25-9-4-10-30-16-19-7-11-29-12-8-19)26-14-20-5-3-6-21(13-20)15-28-18-23-17-27-28/h3,5-6,13,17-19H,2,4,7-12,14-16H2,1H3,(H2,24,25,26). The quantitative estimate of drug-likeness (QED) is 0.333. The fourth-order valence-corrected chi connectivity index (χ4v) is 3.38. The smallest absolute Gasteiger partial charge is 0.191 e. The van der Waals surface area contributed by atoms with Gasteiger partial charge in [0.15, 0.2) is 5.96 Å². The summed E-state index contributed by atoms with van der Waals surface area (Å²) in [5, 5.41) is 10.9. The van der Waals surface area contributed by atoms with Crippen LogP contribution in [0, 0.1) is 5.92 Å². The van der Waals surface area contributed by atoms with Crippen LogP contribution in [0.1, 0.15) is 37.3 Å². The van der Waals surface area contributed by atoms with E-state index in [0.29, 0.717) is 19.0 Å². The van der Waals surface area contributed by atoms with Crippen molar-refractivity contribution in [2.45, 2.75) is 39.3 Å². The van der Waals surface area contributed by atoms with E-state index in [0.717, 1.165) is 64.7 Å². The van der Waals surface area contributed by atoms with Gasteiger partial charge in [0.05, 0.1) is 13.1 Å². The highest BCUT2D eigenvalue weighted by Crippen LogP contribution is 2.14. The van der Waals surface area contributed by atoms with E-state index in [1.807, 2.05) is 4.68 Å².